The minimum Gasteiger partial charge on any atom is -0.258 e. The molecule has 52 heavy (non-hydrogen) atoms. The van der Waals surface area contributed by atoms with Crippen LogP contribution < -0.4 is 0 Å². The Labute approximate surface area is 310 Å². The number of nitrogens with zero attached hydrogens (tertiary/aromatic N) is 2. The predicted octanol–water partition coefficient (Wildman–Crippen LogP) is 13.5. The first-order chi connectivity index (χ1) is 25.5. The van der Waals surface area contributed by atoms with Crippen molar-refractivity contribution in [1.29, 1.82) is 0 Å². The topological polar surface area (TPSA) is 24.7 Å². The smallest absolute Gasteiger partial charge is 0.155 e. The van der Waals surface area contributed by atoms with E-state index in [1.165, 1.54) is 50.1 Å². The molecule has 1 aliphatic carbocycles. The van der Waals surface area contributed by atoms with Gasteiger partial charge in [-0.25, -0.2) is 4.99 Å². The van der Waals surface area contributed by atoms with Gasteiger partial charge in [-0.1, -0.05) is 177 Å². The van der Waals surface area contributed by atoms with Crippen molar-refractivity contribution in [3.8, 4) is 22.3 Å². The molecule has 0 radical (unpaired) electrons. The molecule has 0 fully saturated rings. The van der Waals surface area contributed by atoms with Gasteiger partial charge in [-0.15, -0.1) is 0 Å². The maximum Gasteiger partial charge on any atom is 0.155 e. The molecule has 5 aromatic rings. The van der Waals surface area contributed by atoms with E-state index in [9.17, 15) is 0 Å². The summed E-state index contributed by atoms with van der Waals surface area (Å²) in [6.07, 6.45) is 18.7. The highest BCUT2D eigenvalue weighted by Crippen LogP contribution is 2.43. The van der Waals surface area contributed by atoms with Gasteiger partial charge in [0.2, 0.25) is 0 Å². The zero-order chi connectivity index (χ0) is 36.3. The van der Waals surface area contributed by atoms with Gasteiger partial charge in [0.15, 0.2) is 5.84 Å². The van der Waals surface area contributed by atoms with Crippen molar-refractivity contribution < 1.29 is 0 Å². The number of amidine groups is 1. The Bertz CT molecular complexity index is 2210. The minimum absolute atomic E-state index is 0.0232. The second kappa shape index (κ2) is 17.4. The van der Waals surface area contributed by atoms with Gasteiger partial charge in [0, 0.05) is 16.8 Å². The lowest BCUT2D eigenvalue weighted by Gasteiger charge is -2.15. The van der Waals surface area contributed by atoms with Crippen LogP contribution in [0.25, 0.3) is 33.9 Å². The van der Waals surface area contributed by atoms with Gasteiger partial charge in [-0.2, -0.15) is 0 Å². The summed E-state index contributed by atoms with van der Waals surface area (Å²) >= 11 is 0. The molecule has 258 valence electrons. The molecule has 1 aliphatic rings. The van der Waals surface area contributed by atoms with Crippen LogP contribution in [0.1, 0.15) is 80.5 Å². The lowest BCUT2D eigenvalue weighted by Crippen LogP contribution is -2.08. The molecule has 0 aromatic heterocycles. The molecule has 2 heteroatoms. The monoisotopic (exact) mass is 676 g/mol. The van der Waals surface area contributed by atoms with Gasteiger partial charge >= 0.3 is 0 Å². The van der Waals surface area contributed by atoms with Crippen molar-refractivity contribution >= 4 is 23.2 Å². The van der Waals surface area contributed by atoms with Crippen molar-refractivity contribution in [3.05, 3.63) is 203 Å². The highest BCUT2D eigenvalue weighted by Gasteiger charge is 2.25. The molecular formula is C50H48N2. The summed E-state index contributed by atoms with van der Waals surface area (Å²) in [5, 5.41) is 0. The standard InChI is InChI=1S/C50H48N2/c1-6-10-22-42(30-29-37-20-13-11-14-21-37)50(52-48(9-4)41-23-15-12-16-24-41)51-36(5)44-26-17-25-43-35-47-45(27-18-28-46(47)49(43)44)40-33-31-39(32-34-40)38(8-3)19-7-2/h6-8,10-34,48H,9,35H2,1-5H3/b10-6-,19-7-,30-29+,38-8+,42-22+,51-36?,52-50?. The number of hydrogen-bond donors (Lipinski definition) is 0. The zero-order valence-corrected chi connectivity index (χ0v) is 31.1. The number of fused-ring (bicyclic) bond motifs is 3. The van der Waals surface area contributed by atoms with E-state index < -0.39 is 0 Å². The quantitative estimate of drug-likeness (QED) is 0.0741. The van der Waals surface area contributed by atoms with Crippen molar-refractivity contribution in [1.82, 2.24) is 0 Å². The summed E-state index contributed by atoms with van der Waals surface area (Å²) in [5.74, 6) is 0.724. The third kappa shape index (κ3) is 8.19. The van der Waals surface area contributed by atoms with E-state index in [0.29, 0.717) is 0 Å². The zero-order valence-electron chi connectivity index (χ0n) is 31.1. The molecule has 0 heterocycles. The maximum atomic E-state index is 5.41. The molecule has 0 bridgehead atoms. The third-order valence-electron chi connectivity index (χ3n) is 9.64. The van der Waals surface area contributed by atoms with Gasteiger partial charge in [0.05, 0.1) is 6.04 Å². The first kappa shape index (κ1) is 35.9. The Balaban J connectivity index is 1.44. The molecule has 0 saturated carbocycles. The number of rotatable bonds is 11. The van der Waals surface area contributed by atoms with Crippen LogP contribution in [0.2, 0.25) is 0 Å². The summed E-state index contributed by atoms with van der Waals surface area (Å²) < 4.78 is 0. The fourth-order valence-corrected chi connectivity index (χ4v) is 6.99. The fraction of sp³-hybridized carbons (Fsp3) is 0.160. The maximum absolute atomic E-state index is 5.41. The van der Waals surface area contributed by atoms with E-state index in [1.807, 2.05) is 19.1 Å². The number of benzene rings is 5. The van der Waals surface area contributed by atoms with E-state index in [4.69, 9.17) is 9.98 Å². The molecule has 1 unspecified atom stereocenters. The predicted molar refractivity (Wildman–Crippen MR) is 226 cm³/mol. The van der Waals surface area contributed by atoms with Crippen LogP contribution in [-0.2, 0) is 6.42 Å². The Morgan fingerprint density at radius 3 is 2.13 bits per heavy atom. The molecule has 5 aromatic carbocycles. The van der Waals surface area contributed by atoms with Crippen molar-refractivity contribution in [2.75, 3.05) is 0 Å². The molecule has 0 spiro atoms. The Hall–Kier alpha value is -5.86. The highest BCUT2D eigenvalue weighted by atomic mass is 14.9. The van der Waals surface area contributed by atoms with Crippen LogP contribution in [0, 0.1) is 0 Å². The van der Waals surface area contributed by atoms with E-state index in [2.05, 4.69) is 185 Å². The summed E-state index contributed by atoms with van der Waals surface area (Å²) in [6.45, 7) is 10.5. The number of hydrogen-bond acceptors (Lipinski definition) is 1. The largest absolute Gasteiger partial charge is 0.258 e. The summed E-state index contributed by atoms with van der Waals surface area (Å²) in [7, 11) is 0. The van der Waals surface area contributed by atoms with E-state index in [0.717, 1.165) is 41.1 Å². The first-order valence-electron chi connectivity index (χ1n) is 18.4. The van der Waals surface area contributed by atoms with Crippen LogP contribution >= 0.6 is 0 Å². The molecule has 0 N–H and O–H groups in total. The van der Waals surface area contributed by atoms with Crippen LogP contribution in [0.4, 0.5) is 0 Å². The minimum atomic E-state index is -0.0232. The summed E-state index contributed by atoms with van der Waals surface area (Å²) in [6, 6.07) is 43.3. The second-order valence-corrected chi connectivity index (χ2v) is 13.0. The third-order valence-corrected chi connectivity index (χ3v) is 9.64. The van der Waals surface area contributed by atoms with Gasteiger partial charge in [-0.05, 0) is 96.2 Å². The summed E-state index contributed by atoms with van der Waals surface area (Å²) in [5.41, 5.74) is 15.6. The molecule has 2 nitrogen and oxygen atoms in total. The highest BCUT2D eigenvalue weighted by molar-refractivity contribution is 6.15. The van der Waals surface area contributed by atoms with Crippen LogP contribution in [-0.4, -0.2) is 11.5 Å². The molecular weight excluding hydrogens is 629 g/mol. The second-order valence-electron chi connectivity index (χ2n) is 13.0. The van der Waals surface area contributed by atoms with Crippen LogP contribution in [0.5, 0.6) is 0 Å². The Morgan fingerprint density at radius 1 is 0.731 bits per heavy atom. The average Bonchev–Trinajstić information content (AvgIpc) is 3.59. The lowest BCUT2D eigenvalue weighted by atomic mass is 9.93. The first-order valence-corrected chi connectivity index (χ1v) is 18.4. The average molecular weight is 677 g/mol. The van der Waals surface area contributed by atoms with Crippen LogP contribution in [0.15, 0.2) is 179 Å². The van der Waals surface area contributed by atoms with Crippen molar-refractivity contribution in [2.24, 2.45) is 9.98 Å². The van der Waals surface area contributed by atoms with E-state index >= 15 is 0 Å². The number of allylic oxidation sites excluding steroid dienone is 7. The van der Waals surface area contributed by atoms with Gasteiger partial charge in [0.1, 0.15) is 0 Å². The Morgan fingerprint density at radius 2 is 1.44 bits per heavy atom. The molecule has 0 amide bonds. The normalized spacial score (nSPS) is 14.4. The summed E-state index contributed by atoms with van der Waals surface area (Å²) in [4.78, 5) is 10.8. The number of aliphatic imine (C=N–C) groups is 2. The molecule has 6 rings (SSSR count). The lowest BCUT2D eigenvalue weighted by molar-refractivity contribution is 0.700. The van der Waals surface area contributed by atoms with Crippen molar-refractivity contribution in [3.63, 3.8) is 0 Å². The van der Waals surface area contributed by atoms with Gasteiger partial charge in [0.25, 0.3) is 0 Å². The Kier molecular flexibility index (Phi) is 12.0. The van der Waals surface area contributed by atoms with Gasteiger partial charge in [-0.3, -0.25) is 4.99 Å². The van der Waals surface area contributed by atoms with E-state index in [-0.39, 0.29) is 6.04 Å². The SMILES string of the molecule is C\C=C/C=C(\C=C\c1ccccc1)C(=NC(CC)c1ccccc1)N=C(C)c1cccc2c1-c1cccc(-c3ccc(C(/C=C\C)=C/C)cc3)c1C2. The van der Waals surface area contributed by atoms with Crippen LogP contribution in [0.3, 0.4) is 0 Å². The molecule has 0 saturated heterocycles. The molecule has 0 aliphatic heterocycles. The van der Waals surface area contributed by atoms with E-state index in [1.54, 1.807) is 0 Å². The van der Waals surface area contributed by atoms with Crippen molar-refractivity contribution in [2.45, 2.75) is 53.5 Å². The fourth-order valence-electron chi connectivity index (χ4n) is 6.99. The van der Waals surface area contributed by atoms with Gasteiger partial charge < -0.3 is 0 Å². The molecule has 1 atom stereocenters.